The number of fused-ring (bicyclic) bond motifs is 1. The number of carbonyl (C=O) groups is 2. The lowest BCUT2D eigenvalue weighted by Crippen LogP contribution is -2.25. The highest BCUT2D eigenvalue weighted by molar-refractivity contribution is 5.96. The molecule has 3 rings (SSSR count). The summed E-state index contributed by atoms with van der Waals surface area (Å²) in [5.41, 5.74) is 0.474. The van der Waals surface area contributed by atoms with Crippen LogP contribution < -0.4 is 24.3 Å². The first-order valence-electron chi connectivity index (χ1n) is 8.77. The molecule has 1 heterocycles. The van der Waals surface area contributed by atoms with Gasteiger partial charge < -0.3 is 24.3 Å². The molecule has 1 aliphatic rings. The molecule has 0 aromatic heterocycles. The van der Waals surface area contributed by atoms with Crippen LogP contribution in [0.1, 0.15) is 30.1 Å². The lowest BCUT2D eigenvalue weighted by atomic mass is 10.2. The van der Waals surface area contributed by atoms with Gasteiger partial charge in [-0.1, -0.05) is 12.1 Å². The molecule has 0 atom stereocenters. The SMILES string of the molecule is CCOc1ccccc1C(=O)NCCCC(=O)Oc1ccc2c(c1)OCO2. The van der Waals surface area contributed by atoms with E-state index in [9.17, 15) is 9.59 Å². The molecule has 0 bridgehead atoms. The molecule has 7 heteroatoms. The molecule has 0 radical (unpaired) electrons. The number of para-hydroxylation sites is 1. The van der Waals surface area contributed by atoms with Gasteiger partial charge in [-0.25, -0.2) is 0 Å². The standard InChI is InChI=1S/C20H21NO6/c1-2-24-16-7-4-3-6-15(16)20(23)21-11-5-8-19(22)27-14-9-10-17-18(12-14)26-13-25-17/h3-4,6-7,9-10,12H,2,5,8,11,13H2,1H3,(H,21,23). The number of esters is 1. The highest BCUT2D eigenvalue weighted by atomic mass is 16.7. The van der Waals surface area contributed by atoms with E-state index in [-0.39, 0.29) is 25.1 Å². The van der Waals surface area contributed by atoms with Gasteiger partial charge in [0, 0.05) is 19.0 Å². The molecule has 0 fully saturated rings. The van der Waals surface area contributed by atoms with Crippen LogP contribution in [0.15, 0.2) is 42.5 Å². The first-order valence-corrected chi connectivity index (χ1v) is 8.77. The summed E-state index contributed by atoms with van der Waals surface area (Å²) in [5.74, 6) is 1.52. The highest BCUT2D eigenvalue weighted by Crippen LogP contribution is 2.35. The van der Waals surface area contributed by atoms with Gasteiger partial charge in [0.2, 0.25) is 6.79 Å². The third-order valence-corrected chi connectivity index (χ3v) is 3.85. The van der Waals surface area contributed by atoms with Gasteiger partial charge in [-0.15, -0.1) is 0 Å². The monoisotopic (exact) mass is 371 g/mol. The molecule has 1 amide bonds. The summed E-state index contributed by atoms with van der Waals surface area (Å²) < 4.78 is 21.2. The number of ether oxygens (including phenoxy) is 4. The second-order valence-corrected chi connectivity index (χ2v) is 5.78. The number of rotatable bonds is 8. The molecule has 0 unspecified atom stereocenters. The van der Waals surface area contributed by atoms with E-state index < -0.39 is 0 Å². The minimum Gasteiger partial charge on any atom is -0.493 e. The third kappa shape index (κ3) is 4.91. The van der Waals surface area contributed by atoms with Gasteiger partial charge in [-0.3, -0.25) is 9.59 Å². The van der Waals surface area contributed by atoms with Gasteiger partial charge in [0.15, 0.2) is 11.5 Å². The minimum atomic E-state index is -0.377. The summed E-state index contributed by atoms with van der Waals surface area (Å²) >= 11 is 0. The maximum atomic E-state index is 12.3. The maximum Gasteiger partial charge on any atom is 0.311 e. The average molecular weight is 371 g/mol. The van der Waals surface area contributed by atoms with Crippen LogP contribution >= 0.6 is 0 Å². The van der Waals surface area contributed by atoms with Gasteiger partial charge >= 0.3 is 5.97 Å². The summed E-state index contributed by atoms with van der Waals surface area (Å²) in [4.78, 5) is 24.2. The Labute approximate surface area is 157 Å². The van der Waals surface area contributed by atoms with Crippen molar-refractivity contribution in [2.75, 3.05) is 19.9 Å². The van der Waals surface area contributed by atoms with Crippen molar-refractivity contribution in [1.82, 2.24) is 5.32 Å². The van der Waals surface area contributed by atoms with Crippen molar-refractivity contribution in [1.29, 1.82) is 0 Å². The Morgan fingerprint density at radius 1 is 1.11 bits per heavy atom. The number of nitrogens with one attached hydrogen (secondary N) is 1. The van der Waals surface area contributed by atoms with Crippen LogP contribution in [0.5, 0.6) is 23.0 Å². The zero-order valence-corrected chi connectivity index (χ0v) is 15.0. The predicted molar refractivity (Wildman–Crippen MR) is 97.4 cm³/mol. The van der Waals surface area contributed by atoms with E-state index in [0.717, 1.165) is 0 Å². The Bertz CT molecular complexity index is 820. The molecule has 1 N–H and O–H groups in total. The Kier molecular flexibility index (Phi) is 6.14. The second kappa shape index (κ2) is 8.93. The molecule has 0 saturated carbocycles. The molecule has 7 nitrogen and oxygen atoms in total. The summed E-state index contributed by atoms with van der Waals surface area (Å²) in [6, 6.07) is 12.0. The van der Waals surface area contributed by atoms with Crippen LogP contribution in [0, 0.1) is 0 Å². The normalized spacial score (nSPS) is 11.7. The number of hydrogen-bond acceptors (Lipinski definition) is 6. The largest absolute Gasteiger partial charge is 0.493 e. The molecular formula is C20H21NO6. The van der Waals surface area contributed by atoms with Crippen molar-refractivity contribution < 1.29 is 28.5 Å². The van der Waals surface area contributed by atoms with Gasteiger partial charge in [0.05, 0.1) is 12.2 Å². The van der Waals surface area contributed by atoms with E-state index in [1.54, 1.807) is 36.4 Å². The highest BCUT2D eigenvalue weighted by Gasteiger charge is 2.15. The Morgan fingerprint density at radius 2 is 1.93 bits per heavy atom. The third-order valence-electron chi connectivity index (χ3n) is 3.85. The van der Waals surface area contributed by atoms with E-state index in [0.29, 0.717) is 48.1 Å². The fraction of sp³-hybridized carbons (Fsp3) is 0.300. The van der Waals surface area contributed by atoms with Crippen molar-refractivity contribution >= 4 is 11.9 Å². The van der Waals surface area contributed by atoms with Crippen molar-refractivity contribution in [2.24, 2.45) is 0 Å². The van der Waals surface area contributed by atoms with Crippen LogP contribution in [0.25, 0.3) is 0 Å². The predicted octanol–water partition coefficient (Wildman–Crippen LogP) is 2.93. The summed E-state index contributed by atoms with van der Waals surface area (Å²) in [6.07, 6.45) is 0.647. The number of amides is 1. The van der Waals surface area contributed by atoms with E-state index >= 15 is 0 Å². The van der Waals surface area contributed by atoms with E-state index in [2.05, 4.69) is 5.32 Å². The number of carbonyl (C=O) groups excluding carboxylic acids is 2. The molecule has 27 heavy (non-hydrogen) atoms. The van der Waals surface area contributed by atoms with Gasteiger partial charge in [0.1, 0.15) is 11.5 Å². The lowest BCUT2D eigenvalue weighted by Gasteiger charge is -2.10. The summed E-state index contributed by atoms with van der Waals surface area (Å²) in [5, 5.41) is 2.79. The molecule has 0 aliphatic carbocycles. The summed E-state index contributed by atoms with van der Waals surface area (Å²) in [7, 11) is 0. The molecule has 0 saturated heterocycles. The van der Waals surface area contributed by atoms with E-state index in [1.807, 2.05) is 13.0 Å². The van der Waals surface area contributed by atoms with Crippen molar-refractivity contribution in [2.45, 2.75) is 19.8 Å². The minimum absolute atomic E-state index is 0.166. The van der Waals surface area contributed by atoms with Crippen molar-refractivity contribution in [3.63, 3.8) is 0 Å². The lowest BCUT2D eigenvalue weighted by molar-refractivity contribution is -0.134. The molecule has 0 spiro atoms. The van der Waals surface area contributed by atoms with Gasteiger partial charge in [-0.05, 0) is 37.6 Å². The number of benzene rings is 2. The first kappa shape index (κ1) is 18.6. The van der Waals surface area contributed by atoms with E-state index in [1.165, 1.54) is 0 Å². The maximum absolute atomic E-state index is 12.3. The fourth-order valence-corrected chi connectivity index (χ4v) is 2.59. The van der Waals surface area contributed by atoms with Crippen molar-refractivity contribution in [3.8, 4) is 23.0 Å². The van der Waals surface area contributed by atoms with E-state index in [4.69, 9.17) is 18.9 Å². The van der Waals surface area contributed by atoms with Crippen LogP contribution in [0.4, 0.5) is 0 Å². The quantitative estimate of drug-likeness (QED) is 0.436. The average Bonchev–Trinajstić information content (AvgIpc) is 3.13. The molecule has 2 aromatic rings. The topological polar surface area (TPSA) is 83.1 Å². The fourth-order valence-electron chi connectivity index (χ4n) is 2.59. The molecule has 1 aliphatic heterocycles. The Morgan fingerprint density at radius 3 is 2.78 bits per heavy atom. The summed E-state index contributed by atoms with van der Waals surface area (Å²) in [6.45, 7) is 2.87. The first-order chi connectivity index (χ1) is 13.2. The molecular weight excluding hydrogens is 350 g/mol. The van der Waals surface area contributed by atoms with Gasteiger partial charge in [-0.2, -0.15) is 0 Å². The van der Waals surface area contributed by atoms with Crippen molar-refractivity contribution in [3.05, 3.63) is 48.0 Å². The van der Waals surface area contributed by atoms with Gasteiger partial charge in [0.25, 0.3) is 5.91 Å². The smallest absolute Gasteiger partial charge is 0.311 e. The molecule has 142 valence electrons. The van der Waals surface area contributed by atoms with Crippen LogP contribution in [-0.4, -0.2) is 31.8 Å². The number of hydrogen-bond donors (Lipinski definition) is 1. The Hall–Kier alpha value is -3.22. The van der Waals surface area contributed by atoms with Crippen LogP contribution in [0.3, 0.4) is 0 Å². The van der Waals surface area contributed by atoms with Crippen LogP contribution in [0.2, 0.25) is 0 Å². The second-order valence-electron chi connectivity index (χ2n) is 5.78. The van der Waals surface area contributed by atoms with Crippen LogP contribution in [-0.2, 0) is 4.79 Å². The molecule has 2 aromatic carbocycles. The Balaban J connectivity index is 1.42. The zero-order valence-electron chi connectivity index (χ0n) is 15.0. The zero-order chi connectivity index (χ0) is 19.1.